The smallest absolute Gasteiger partial charge is 0.307 e. The Morgan fingerprint density at radius 1 is 1.24 bits per heavy atom. The number of nitrogens with zero attached hydrogens (tertiary/aromatic N) is 1. The number of hydrogen-bond donors (Lipinski definition) is 1. The Balaban J connectivity index is 1.75. The zero-order chi connectivity index (χ0) is 18.0. The molecule has 1 amide bonds. The molecule has 0 saturated heterocycles. The lowest BCUT2D eigenvalue weighted by Gasteiger charge is -2.17. The summed E-state index contributed by atoms with van der Waals surface area (Å²) in [5, 5.41) is 2.88. The molecular formula is C19H20N2O3S. The van der Waals surface area contributed by atoms with Gasteiger partial charge in [0.1, 0.15) is 5.75 Å². The van der Waals surface area contributed by atoms with Crippen molar-refractivity contribution in [3.8, 4) is 5.75 Å². The quantitative estimate of drug-likeness (QED) is 0.758. The highest BCUT2D eigenvalue weighted by molar-refractivity contribution is 7.16. The molecule has 130 valence electrons. The molecule has 1 atom stereocenters. The Labute approximate surface area is 149 Å². The fourth-order valence-corrected chi connectivity index (χ4v) is 3.46. The normalized spacial score (nSPS) is 12.1. The maximum absolute atomic E-state index is 12.5. The van der Waals surface area contributed by atoms with Crippen LogP contribution in [-0.2, 0) is 11.8 Å². The van der Waals surface area contributed by atoms with Gasteiger partial charge in [-0.05, 0) is 43.7 Å². The number of carbonyl (C=O) groups excluding carboxylic acids is 1. The number of amides is 1. The van der Waals surface area contributed by atoms with Crippen LogP contribution in [0.15, 0.2) is 47.3 Å². The van der Waals surface area contributed by atoms with Crippen molar-refractivity contribution >= 4 is 33.1 Å². The molecule has 0 aliphatic heterocycles. The summed E-state index contributed by atoms with van der Waals surface area (Å²) < 4.78 is 8.24. The molecule has 1 N–H and O–H groups in total. The molecule has 0 saturated carbocycles. The van der Waals surface area contributed by atoms with Crippen molar-refractivity contribution < 1.29 is 9.53 Å². The van der Waals surface area contributed by atoms with Crippen LogP contribution in [0.25, 0.3) is 10.2 Å². The SMILES string of the molecule is CC[C@@H](Oc1ccc(C)cc1)C(=O)Nc1ccc2c(c1)sc(=O)n2C. The van der Waals surface area contributed by atoms with E-state index in [0.717, 1.165) is 27.1 Å². The molecular weight excluding hydrogens is 336 g/mol. The highest BCUT2D eigenvalue weighted by Crippen LogP contribution is 2.22. The molecule has 0 spiro atoms. The minimum Gasteiger partial charge on any atom is -0.481 e. The van der Waals surface area contributed by atoms with Crippen LogP contribution < -0.4 is 14.9 Å². The van der Waals surface area contributed by atoms with Crippen molar-refractivity contribution in [2.45, 2.75) is 26.4 Å². The van der Waals surface area contributed by atoms with Crippen molar-refractivity contribution in [3.63, 3.8) is 0 Å². The third-order valence-electron chi connectivity index (χ3n) is 4.02. The number of fused-ring (bicyclic) bond motifs is 1. The summed E-state index contributed by atoms with van der Waals surface area (Å²) in [6.07, 6.45) is -0.0198. The van der Waals surface area contributed by atoms with Crippen LogP contribution in [-0.4, -0.2) is 16.6 Å². The molecule has 3 rings (SSSR count). The van der Waals surface area contributed by atoms with E-state index >= 15 is 0 Å². The monoisotopic (exact) mass is 356 g/mol. The summed E-state index contributed by atoms with van der Waals surface area (Å²) in [6, 6.07) is 13.1. The van der Waals surface area contributed by atoms with Gasteiger partial charge >= 0.3 is 4.87 Å². The summed E-state index contributed by atoms with van der Waals surface area (Å²) >= 11 is 1.16. The lowest BCUT2D eigenvalue weighted by atomic mass is 10.2. The molecule has 1 aromatic heterocycles. The third-order valence-corrected chi connectivity index (χ3v) is 5.02. The van der Waals surface area contributed by atoms with E-state index in [9.17, 15) is 9.59 Å². The molecule has 0 unspecified atom stereocenters. The number of aromatic nitrogens is 1. The van der Waals surface area contributed by atoms with E-state index < -0.39 is 6.10 Å². The Hall–Kier alpha value is -2.60. The first-order valence-electron chi connectivity index (χ1n) is 8.11. The summed E-state index contributed by atoms with van der Waals surface area (Å²) in [6.45, 7) is 3.91. The van der Waals surface area contributed by atoms with E-state index in [1.165, 1.54) is 0 Å². The lowest BCUT2D eigenvalue weighted by molar-refractivity contribution is -0.122. The molecule has 0 radical (unpaired) electrons. The Morgan fingerprint density at radius 3 is 2.64 bits per heavy atom. The first-order valence-corrected chi connectivity index (χ1v) is 8.93. The lowest BCUT2D eigenvalue weighted by Crippen LogP contribution is -2.32. The predicted octanol–water partition coefficient (Wildman–Crippen LogP) is 3.70. The molecule has 0 fully saturated rings. The van der Waals surface area contributed by atoms with Crippen LogP contribution in [0.3, 0.4) is 0 Å². The molecule has 3 aromatic rings. The Morgan fingerprint density at radius 2 is 1.96 bits per heavy atom. The number of carbonyl (C=O) groups is 1. The molecule has 5 nitrogen and oxygen atoms in total. The van der Waals surface area contributed by atoms with Gasteiger partial charge in [0.2, 0.25) is 0 Å². The number of benzene rings is 2. The number of thiazole rings is 1. The molecule has 0 aliphatic carbocycles. The summed E-state index contributed by atoms with van der Waals surface area (Å²) in [5.41, 5.74) is 2.65. The summed E-state index contributed by atoms with van der Waals surface area (Å²) in [7, 11) is 1.74. The van der Waals surface area contributed by atoms with Gasteiger partial charge in [-0.25, -0.2) is 0 Å². The van der Waals surface area contributed by atoms with Gasteiger partial charge in [0.25, 0.3) is 5.91 Å². The molecule has 1 heterocycles. The van der Waals surface area contributed by atoms with Crippen LogP contribution in [0.2, 0.25) is 0 Å². The standard InChI is InChI=1S/C19H20N2O3S/c1-4-16(24-14-8-5-12(2)6-9-14)18(22)20-13-7-10-15-17(11-13)25-19(23)21(15)3/h5-11,16H,4H2,1-3H3,(H,20,22)/t16-/m1/s1. The highest BCUT2D eigenvalue weighted by Gasteiger charge is 2.19. The molecule has 0 bridgehead atoms. The maximum Gasteiger partial charge on any atom is 0.307 e. The molecule has 2 aromatic carbocycles. The average Bonchev–Trinajstić information content (AvgIpc) is 2.88. The van der Waals surface area contributed by atoms with Gasteiger partial charge in [-0.3, -0.25) is 9.59 Å². The van der Waals surface area contributed by atoms with E-state index in [1.54, 1.807) is 17.7 Å². The van der Waals surface area contributed by atoms with E-state index in [-0.39, 0.29) is 10.8 Å². The van der Waals surface area contributed by atoms with Gasteiger partial charge < -0.3 is 14.6 Å². The first kappa shape index (κ1) is 17.2. The van der Waals surface area contributed by atoms with Crippen molar-refractivity contribution in [2.75, 3.05) is 5.32 Å². The van der Waals surface area contributed by atoms with Gasteiger partial charge in [0.05, 0.1) is 10.2 Å². The topological polar surface area (TPSA) is 60.3 Å². The van der Waals surface area contributed by atoms with Crippen molar-refractivity contribution in [1.82, 2.24) is 4.57 Å². The van der Waals surface area contributed by atoms with E-state index in [2.05, 4.69) is 5.32 Å². The second-order valence-electron chi connectivity index (χ2n) is 5.93. The van der Waals surface area contributed by atoms with Gasteiger partial charge in [-0.1, -0.05) is 36.0 Å². The van der Waals surface area contributed by atoms with Gasteiger partial charge in [-0.15, -0.1) is 0 Å². The van der Waals surface area contributed by atoms with E-state index in [0.29, 0.717) is 17.9 Å². The zero-order valence-electron chi connectivity index (χ0n) is 14.4. The number of ether oxygens (including phenoxy) is 1. The largest absolute Gasteiger partial charge is 0.481 e. The van der Waals surface area contributed by atoms with E-state index in [1.807, 2.05) is 50.2 Å². The molecule has 25 heavy (non-hydrogen) atoms. The minimum atomic E-state index is -0.576. The van der Waals surface area contributed by atoms with Crippen LogP contribution in [0.4, 0.5) is 5.69 Å². The van der Waals surface area contributed by atoms with E-state index in [4.69, 9.17) is 4.74 Å². The van der Waals surface area contributed by atoms with Gasteiger partial charge in [0.15, 0.2) is 6.10 Å². The predicted molar refractivity (Wildman–Crippen MR) is 102 cm³/mol. The number of hydrogen-bond acceptors (Lipinski definition) is 4. The fraction of sp³-hybridized carbons (Fsp3) is 0.263. The molecule has 0 aliphatic rings. The second-order valence-corrected chi connectivity index (χ2v) is 6.92. The minimum absolute atomic E-state index is 0.0207. The van der Waals surface area contributed by atoms with Crippen molar-refractivity contribution in [3.05, 3.63) is 57.7 Å². The molecule has 6 heteroatoms. The highest BCUT2D eigenvalue weighted by atomic mass is 32.1. The average molecular weight is 356 g/mol. The van der Waals surface area contributed by atoms with Crippen LogP contribution in [0, 0.1) is 6.92 Å². The Bertz CT molecular complexity index is 957. The maximum atomic E-state index is 12.5. The van der Waals surface area contributed by atoms with Crippen LogP contribution >= 0.6 is 11.3 Å². The van der Waals surface area contributed by atoms with Crippen LogP contribution in [0.1, 0.15) is 18.9 Å². The first-order chi connectivity index (χ1) is 12.0. The summed E-state index contributed by atoms with van der Waals surface area (Å²) in [5.74, 6) is 0.468. The van der Waals surface area contributed by atoms with Gasteiger partial charge in [0, 0.05) is 12.7 Å². The third kappa shape index (κ3) is 3.74. The second kappa shape index (κ2) is 7.11. The van der Waals surface area contributed by atoms with Crippen molar-refractivity contribution in [2.24, 2.45) is 7.05 Å². The number of nitrogens with one attached hydrogen (secondary N) is 1. The van der Waals surface area contributed by atoms with Gasteiger partial charge in [-0.2, -0.15) is 0 Å². The summed E-state index contributed by atoms with van der Waals surface area (Å²) in [4.78, 5) is 24.2. The Kier molecular flexibility index (Phi) is 4.90. The number of rotatable bonds is 5. The number of aryl methyl sites for hydroxylation is 2. The fourth-order valence-electron chi connectivity index (χ4n) is 2.54. The van der Waals surface area contributed by atoms with Crippen LogP contribution in [0.5, 0.6) is 5.75 Å². The zero-order valence-corrected chi connectivity index (χ0v) is 15.2. The number of anilines is 1. The van der Waals surface area contributed by atoms with Crippen molar-refractivity contribution in [1.29, 1.82) is 0 Å².